The molecule has 8 nitrogen and oxygen atoms in total. The second-order valence-corrected chi connectivity index (χ2v) is 9.40. The first-order chi connectivity index (χ1) is 17.3. The molecule has 4 rings (SSSR count). The fourth-order valence-electron chi connectivity index (χ4n) is 4.55. The van der Waals surface area contributed by atoms with Crippen molar-refractivity contribution in [3.63, 3.8) is 0 Å². The molecule has 2 fully saturated rings. The number of carboxylic acid groups (broad SMARTS) is 1. The van der Waals surface area contributed by atoms with E-state index >= 15 is 0 Å². The third-order valence-electron chi connectivity index (χ3n) is 6.62. The Morgan fingerprint density at radius 2 is 1.67 bits per heavy atom. The highest BCUT2D eigenvalue weighted by molar-refractivity contribution is 5.63. The molecule has 0 aromatic carbocycles. The van der Waals surface area contributed by atoms with E-state index in [0.717, 1.165) is 25.7 Å². The zero-order valence-electron chi connectivity index (χ0n) is 21.1. The molecule has 0 amide bonds. The predicted molar refractivity (Wildman–Crippen MR) is 140 cm³/mol. The number of hydrogen-bond acceptors (Lipinski definition) is 7. The van der Waals surface area contributed by atoms with Crippen LogP contribution in [0.5, 0.6) is 0 Å². The lowest BCUT2D eigenvalue weighted by atomic mass is 9.86. The van der Waals surface area contributed by atoms with Crippen molar-refractivity contribution >= 4 is 23.9 Å². The minimum absolute atomic E-state index is 0.0485. The lowest BCUT2D eigenvalue weighted by Gasteiger charge is -2.37. The highest BCUT2D eigenvalue weighted by Gasteiger charge is 2.27. The van der Waals surface area contributed by atoms with E-state index in [-0.39, 0.29) is 43.1 Å². The molecule has 1 aromatic heterocycles. The molecule has 2 saturated carbocycles. The van der Waals surface area contributed by atoms with Gasteiger partial charge in [-0.2, -0.15) is 4.98 Å². The van der Waals surface area contributed by atoms with Gasteiger partial charge >= 0.3 is 0 Å². The Bertz CT molecular complexity index is 898. The minimum Gasteiger partial charge on any atom is -0.483 e. The van der Waals surface area contributed by atoms with Gasteiger partial charge < -0.3 is 26.8 Å². The van der Waals surface area contributed by atoms with Crippen molar-refractivity contribution in [3.05, 3.63) is 41.8 Å². The van der Waals surface area contributed by atoms with E-state index in [1.807, 2.05) is 4.90 Å². The number of hydrogen-bond donors (Lipinski definition) is 4. The molecular formula is C26H40F2N6O2. The van der Waals surface area contributed by atoms with Gasteiger partial charge in [0.15, 0.2) is 5.82 Å². The fourth-order valence-corrected chi connectivity index (χ4v) is 4.55. The standard InChI is InChI=1S/C19H26F2N6.C6H12.CH2O2/c1-12-2-6-14(7-3-12)27(18-16(22)10-24-19(23)26-18)11-25-17-9-5-13(20)4-8-15(17)21;1-2-4-6-5-3-1;2-1-3/h5,8-10,12,14,25H,2-4,6-7,11,22H2,1H3,(H2,23,24,26);1-6H2;1H,(H,2,3). The van der Waals surface area contributed by atoms with E-state index in [2.05, 4.69) is 22.2 Å². The van der Waals surface area contributed by atoms with Gasteiger partial charge in [-0.25, -0.2) is 13.8 Å². The molecule has 0 atom stereocenters. The third kappa shape index (κ3) is 9.83. The van der Waals surface area contributed by atoms with Gasteiger partial charge in [0.1, 0.15) is 11.7 Å². The van der Waals surface area contributed by atoms with Gasteiger partial charge in [0, 0.05) is 12.5 Å². The smallest absolute Gasteiger partial charge is 0.290 e. The lowest BCUT2D eigenvalue weighted by Crippen LogP contribution is -2.44. The van der Waals surface area contributed by atoms with Crippen molar-refractivity contribution in [1.29, 1.82) is 0 Å². The van der Waals surface area contributed by atoms with Crippen LogP contribution >= 0.6 is 0 Å². The monoisotopic (exact) mass is 506 g/mol. The number of nitrogen functional groups attached to an aromatic ring is 2. The van der Waals surface area contributed by atoms with Gasteiger partial charge in [0.05, 0.1) is 24.2 Å². The van der Waals surface area contributed by atoms with E-state index < -0.39 is 5.83 Å². The summed E-state index contributed by atoms with van der Waals surface area (Å²) in [5, 5.41) is 9.95. The summed E-state index contributed by atoms with van der Waals surface area (Å²) in [6.07, 6.45) is 18.5. The first-order valence-corrected chi connectivity index (χ1v) is 12.7. The number of aromatic nitrogens is 2. The van der Waals surface area contributed by atoms with Crippen LogP contribution in [0.3, 0.4) is 0 Å². The number of carbonyl (C=O) groups is 1. The van der Waals surface area contributed by atoms with Crippen LogP contribution in [0.15, 0.2) is 41.8 Å². The molecule has 0 bridgehead atoms. The van der Waals surface area contributed by atoms with Crippen molar-refractivity contribution in [2.75, 3.05) is 23.0 Å². The van der Waals surface area contributed by atoms with Gasteiger partial charge in [-0.3, -0.25) is 4.79 Å². The van der Waals surface area contributed by atoms with Gasteiger partial charge in [-0.05, 0) is 49.8 Å². The van der Waals surface area contributed by atoms with E-state index in [4.69, 9.17) is 21.4 Å². The number of rotatable bonds is 5. The van der Waals surface area contributed by atoms with Gasteiger partial charge in [-0.15, -0.1) is 0 Å². The number of halogens is 2. The molecule has 0 radical (unpaired) electrons. The minimum atomic E-state index is -0.480. The molecule has 200 valence electrons. The Hall–Kier alpha value is -3.17. The third-order valence-corrected chi connectivity index (χ3v) is 6.62. The maximum atomic E-state index is 14.2. The van der Waals surface area contributed by atoms with Crippen LogP contribution in [-0.2, 0) is 4.79 Å². The summed E-state index contributed by atoms with van der Waals surface area (Å²) < 4.78 is 27.6. The summed E-state index contributed by atoms with van der Waals surface area (Å²) in [6, 6.07) is 0.205. The molecule has 0 saturated heterocycles. The number of allylic oxidation sites excluding steroid dienone is 5. The Kier molecular flexibility index (Phi) is 12.7. The van der Waals surface area contributed by atoms with Crippen LogP contribution in [0.2, 0.25) is 0 Å². The highest BCUT2D eigenvalue weighted by Crippen LogP contribution is 2.32. The lowest BCUT2D eigenvalue weighted by molar-refractivity contribution is -0.122. The molecule has 3 aliphatic carbocycles. The van der Waals surface area contributed by atoms with Crippen LogP contribution in [0.4, 0.5) is 26.2 Å². The summed E-state index contributed by atoms with van der Waals surface area (Å²) >= 11 is 0. The topological polar surface area (TPSA) is 130 Å². The Morgan fingerprint density at radius 3 is 2.25 bits per heavy atom. The number of nitrogens with two attached hydrogens (primary N) is 2. The van der Waals surface area contributed by atoms with Gasteiger partial charge in [0.25, 0.3) is 6.47 Å². The molecular weight excluding hydrogens is 466 g/mol. The molecule has 6 N–H and O–H groups in total. The highest BCUT2D eigenvalue weighted by atomic mass is 19.1. The van der Waals surface area contributed by atoms with Crippen LogP contribution in [-0.4, -0.2) is 34.3 Å². The van der Waals surface area contributed by atoms with Crippen LogP contribution in [0.25, 0.3) is 0 Å². The summed E-state index contributed by atoms with van der Waals surface area (Å²) in [6.45, 7) is 2.27. The molecule has 1 heterocycles. The molecule has 1 aromatic rings. The molecule has 0 spiro atoms. The van der Waals surface area contributed by atoms with E-state index in [0.29, 0.717) is 17.4 Å². The molecule has 0 aliphatic heterocycles. The van der Waals surface area contributed by atoms with Crippen molar-refractivity contribution in [2.45, 2.75) is 83.6 Å². The number of nitrogens with zero attached hydrogens (tertiary/aromatic N) is 3. The second-order valence-electron chi connectivity index (χ2n) is 9.40. The zero-order valence-corrected chi connectivity index (χ0v) is 21.1. The Balaban J connectivity index is 0.000000430. The van der Waals surface area contributed by atoms with E-state index in [1.54, 1.807) is 0 Å². The van der Waals surface area contributed by atoms with Crippen molar-refractivity contribution in [2.24, 2.45) is 5.92 Å². The SMILES string of the molecule is C1CCCCC1.CC1CCC(N(CNC2=CC=C(F)CC=C2F)c2nc(N)ncc2N)CC1.O=CO. The van der Waals surface area contributed by atoms with Crippen LogP contribution < -0.4 is 21.7 Å². The number of nitrogens with one attached hydrogen (secondary N) is 1. The maximum Gasteiger partial charge on any atom is 0.290 e. The summed E-state index contributed by atoms with van der Waals surface area (Å²) in [7, 11) is 0. The molecule has 0 unspecified atom stereocenters. The van der Waals surface area contributed by atoms with Crippen LogP contribution in [0.1, 0.15) is 77.6 Å². The normalized spacial score (nSPS) is 21.6. The predicted octanol–water partition coefficient (Wildman–Crippen LogP) is 5.61. The summed E-state index contributed by atoms with van der Waals surface area (Å²) in [5.41, 5.74) is 12.5. The number of anilines is 3. The zero-order chi connectivity index (χ0) is 26.3. The van der Waals surface area contributed by atoms with Gasteiger partial charge in [-0.1, -0.05) is 45.4 Å². The summed E-state index contributed by atoms with van der Waals surface area (Å²) in [4.78, 5) is 18.6. The first-order valence-electron chi connectivity index (χ1n) is 12.7. The fraction of sp³-hybridized carbons (Fsp3) is 0.577. The second kappa shape index (κ2) is 15.7. The molecule has 10 heteroatoms. The largest absolute Gasteiger partial charge is 0.483 e. The average molecular weight is 507 g/mol. The van der Waals surface area contributed by atoms with Gasteiger partial charge in [0.2, 0.25) is 5.95 Å². The Morgan fingerprint density at radius 1 is 1.08 bits per heavy atom. The average Bonchev–Trinajstić information content (AvgIpc) is 3.04. The molecule has 3 aliphatic rings. The summed E-state index contributed by atoms with van der Waals surface area (Å²) in [5.74, 6) is 0.495. The van der Waals surface area contributed by atoms with Crippen molar-refractivity contribution < 1.29 is 18.7 Å². The first kappa shape index (κ1) is 29.1. The van der Waals surface area contributed by atoms with Crippen molar-refractivity contribution in [3.8, 4) is 0 Å². The van der Waals surface area contributed by atoms with E-state index in [9.17, 15) is 8.78 Å². The quantitative estimate of drug-likeness (QED) is 0.299. The Labute approximate surface area is 212 Å². The molecule has 36 heavy (non-hydrogen) atoms. The maximum absolute atomic E-state index is 14.2. The van der Waals surface area contributed by atoms with E-state index in [1.165, 1.54) is 62.9 Å². The van der Waals surface area contributed by atoms with Crippen molar-refractivity contribution in [1.82, 2.24) is 15.3 Å². The van der Waals surface area contributed by atoms with Crippen LogP contribution in [0, 0.1) is 5.92 Å².